The summed E-state index contributed by atoms with van der Waals surface area (Å²) < 4.78 is 0. The molecule has 2 fully saturated rings. The van der Waals surface area contributed by atoms with Gasteiger partial charge in [0.1, 0.15) is 0 Å². The van der Waals surface area contributed by atoms with Crippen LogP contribution >= 0.6 is 0 Å². The standard InChI is InChI=1S/C17H26N2/c1-19(17-9-7-16(18)8-10-17)12-13-3-2-4-15(11-13)14-5-6-14/h2-4,11,14,16-17H,5-10,12,18H2,1H3. The van der Waals surface area contributed by atoms with Gasteiger partial charge >= 0.3 is 0 Å². The predicted molar refractivity (Wildman–Crippen MR) is 80.1 cm³/mol. The molecule has 0 radical (unpaired) electrons. The van der Waals surface area contributed by atoms with E-state index >= 15 is 0 Å². The van der Waals surface area contributed by atoms with Crippen LogP contribution in [-0.4, -0.2) is 24.0 Å². The zero-order valence-electron chi connectivity index (χ0n) is 12.0. The fourth-order valence-electron chi connectivity index (χ4n) is 3.32. The van der Waals surface area contributed by atoms with Crippen LogP contribution in [0, 0.1) is 0 Å². The van der Waals surface area contributed by atoms with Crippen LogP contribution in [-0.2, 0) is 6.54 Å². The minimum Gasteiger partial charge on any atom is -0.328 e. The van der Waals surface area contributed by atoms with Crippen LogP contribution in [0.4, 0.5) is 0 Å². The molecule has 2 heteroatoms. The zero-order valence-corrected chi connectivity index (χ0v) is 12.0. The second-order valence-electron chi connectivity index (χ2n) is 6.50. The van der Waals surface area contributed by atoms with Crippen molar-refractivity contribution in [3.8, 4) is 0 Å². The van der Waals surface area contributed by atoms with E-state index in [2.05, 4.69) is 36.2 Å². The molecule has 2 saturated carbocycles. The second-order valence-corrected chi connectivity index (χ2v) is 6.50. The van der Waals surface area contributed by atoms with Crippen molar-refractivity contribution < 1.29 is 0 Å². The summed E-state index contributed by atoms with van der Waals surface area (Å²) in [5, 5.41) is 0. The van der Waals surface area contributed by atoms with Crippen molar-refractivity contribution in [2.24, 2.45) is 5.73 Å². The van der Waals surface area contributed by atoms with Gasteiger partial charge in [0.25, 0.3) is 0 Å². The molecule has 0 atom stereocenters. The lowest BCUT2D eigenvalue weighted by Crippen LogP contribution is -2.38. The molecule has 0 heterocycles. The monoisotopic (exact) mass is 258 g/mol. The van der Waals surface area contributed by atoms with Crippen molar-refractivity contribution in [3.05, 3.63) is 35.4 Å². The van der Waals surface area contributed by atoms with Gasteiger partial charge in [-0.15, -0.1) is 0 Å². The largest absolute Gasteiger partial charge is 0.328 e. The van der Waals surface area contributed by atoms with Gasteiger partial charge in [0, 0.05) is 18.6 Å². The number of nitrogens with zero attached hydrogens (tertiary/aromatic N) is 1. The lowest BCUT2D eigenvalue weighted by Gasteiger charge is -2.33. The first-order valence-corrected chi connectivity index (χ1v) is 7.77. The fourth-order valence-corrected chi connectivity index (χ4v) is 3.32. The molecule has 1 aromatic carbocycles. The third kappa shape index (κ3) is 3.37. The van der Waals surface area contributed by atoms with Gasteiger partial charge < -0.3 is 5.73 Å². The maximum absolute atomic E-state index is 5.99. The first kappa shape index (κ1) is 13.1. The normalized spacial score (nSPS) is 27.7. The molecular formula is C17H26N2. The molecule has 2 nitrogen and oxygen atoms in total. The van der Waals surface area contributed by atoms with Gasteiger partial charge in [0.2, 0.25) is 0 Å². The Morgan fingerprint density at radius 3 is 2.53 bits per heavy atom. The predicted octanol–water partition coefficient (Wildman–Crippen LogP) is 3.27. The average molecular weight is 258 g/mol. The van der Waals surface area contributed by atoms with Crippen LogP contribution in [0.1, 0.15) is 55.6 Å². The molecule has 0 aromatic heterocycles. The molecule has 0 bridgehead atoms. The lowest BCUT2D eigenvalue weighted by atomic mass is 9.91. The minimum atomic E-state index is 0.447. The molecule has 0 spiro atoms. The van der Waals surface area contributed by atoms with E-state index in [0.717, 1.165) is 18.5 Å². The van der Waals surface area contributed by atoms with Gasteiger partial charge in [0.05, 0.1) is 0 Å². The molecule has 2 aliphatic rings. The Bertz CT molecular complexity index is 417. The molecule has 3 rings (SSSR count). The third-order valence-electron chi connectivity index (χ3n) is 4.80. The Hall–Kier alpha value is -0.860. The molecule has 0 saturated heterocycles. The Labute approximate surface area is 117 Å². The molecule has 2 aliphatic carbocycles. The zero-order chi connectivity index (χ0) is 13.2. The van der Waals surface area contributed by atoms with Crippen molar-refractivity contribution in [2.45, 2.75) is 63.1 Å². The molecular weight excluding hydrogens is 232 g/mol. The van der Waals surface area contributed by atoms with E-state index in [1.54, 1.807) is 5.56 Å². The van der Waals surface area contributed by atoms with E-state index in [9.17, 15) is 0 Å². The third-order valence-corrected chi connectivity index (χ3v) is 4.80. The summed E-state index contributed by atoms with van der Waals surface area (Å²) in [6, 6.07) is 10.4. The van der Waals surface area contributed by atoms with E-state index < -0.39 is 0 Å². The molecule has 104 valence electrons. The van der Waals surface area contributed by atoms with Crippen molar-refractivity contribution >= 4 is 0 Å². The van der Waals surface area contributed by atoms with Crippen LogP contribution in [0.5, 0.6) is 0 Å². The summed E-state index contributed by atoms with van der Waals surface area (Å²) in [6.45, 7) is 1.08. The average Bonchev–Trinajstić information content (AvgIpc) is 3.24. The highest BCUT2D eigenvalue weighted by Crippen LogP contribution is 2.40. The van der Waals surface area contributed by atoms with Crippen LogP contribution < -0.4 is 5.73 Å². The summed E-state index contributed by atoms with van der Waals surface area (Å²) >= 11 is 0. The van der Waals surface area contributed by atoms with E-state index in [1.165, 1.54) is 44.1 Å². The number of nitrogens with two attached hydrogens (primary N) is 1. The number of hydrogen-bond acceptors (Lipinski definition) is 2. The highest BCUT2D eigenvalue weighted by Gasteiger charge is 2.24. The molecule has 1 aromatic rings. The maximum atomic E-state index is 5.99. The Balaban J connectivity index is 1.59. The van der Waals surface area contributed by atoms with E-state index in [4.69, 9.17) is 5.73 Å². The Morgan fingerprint density at radius 1 is 1.11 bits per heavy atom. The minimum absolute atomic E-state index is 0.447. The summed E-state index contributed by atoms with van der Waals surface area (Å²) in [5.41, 5.74) is 9.02. The first-order valence-electron chi connectivity index (χ1n) is 7.77. The molecule has 0 amide bonds. The summed E-state index contributed by atoms with van der Waals surface area (Å²) in [7, 11) is 2.27. The topological polar surface area (TPSA) is 29.3 Å². The summed E-state index contributed by atoms with van der Waals surface area (Å²) in [6.07, 6.45) is 7.69. The number of rotatable bonds is 4. The van der Waals surface area contributed by atoms with Gasteiger partial charge in [0.15, 0.2) is 0 Å². The molecule has 0 aliphatic heterocycles. The Kier molecular flexibility index (Phi) is 3.90. The first-order chi connectivity index (χ1) is 9.22. The quantitative estimate of drug-likeness (QED) is 0.898. The SMILES string of the molecule is CN(Cc1cccc(C2CC2)c1)C1CCC(N)CC1. The molecule has 2 N–H and O–H groups in total. The van der Waals surface area contributed by atoms with Gasteiger partial charge in [-0.05, 0) is 62.6 Å². The molecule has 19 heavy (non-hydrogen) atoms. The van der Waals surface area contributed by atoms with Crippen molar-refractivity contribution in [1.82, 2.24) is 4.90 Å². The van der Waals surface area contributed by atoms with E-state index in [1.807, 2.05) is 0 Å². The van der Waals surface area contributed by atoms with E-state index in [0.29, 0.717) is 6.04 Å². The van der Waals surface area contributed by atoms with Crippen LogP contribution in [0.2, 0.25) is 0 Å². The van der Waals surface area contributed by atoms with Crippen LogP contribution in [0.3, 0.4) is 0 Å². The van der Waals surface area contributed by atoms with Gasteiger partial charge in [-0.1, -0.05) is 24.3 Å². The lowest BCUT2D eigenvalue weighted by molar-refractivity contribution is 0.176. The van der Waals surface area contributed by atoms with Gasteiger partial charge in [-0.3, -0.25) is 4.90 Å². The highest BCUT2D eigenvalue weighted by molar-refractivity contribution is 5.29. The second kappa shape index (κ2) is 5.64. The summed E-state index contributed by atoms with van der Waals surface area (Å²) in [5.74, 6) is 0.859. The number of benzene rings is 1. The van der Waals surface area contributed by atoms with Gasteiger partial charge in [-0.2, -0.15) is 0 Å². The van der Waals surface area contributed by atoms with Crippen molar-refractivity contribution in [1.29, 1.82) is 0 Å². The Morgan fingerprint density at radius 2 is 1.84 bits per heavy atom. The van der Waals surface area contributed by atoms with Gasteiger partial charge in [-0.25, -0.2) is 0 Å². The highest BCUT2D eigenvalue weighted by atomic mass is 15.1. The van der Waals surface area contributed by atoms with E-state index in [-0.39, 0.29) is 0 Å². The summed E-state index contributed by atoms with van der Waals surface area (Å²) in [4.78, 5) is 2.53. The van der Waals surface area contributed by atoms with Crippen molar-refractivity contribution in [2.75, 3.05) is 7.05 Å². The fraction of sp³-hybridized carbons (Fsp3) is 0.647. The molecule has 0 unspecified atom stereocenters. The maximum Gasteiger partial charge on any atom is 0.0233 e. The van der Waals surface area contributed by atoms with Crippen LogP contribution in [0.25, 0.3) is 0 Å². The van der Waals surface area contributed by atoms with Crippen molar-refractivity contribution in [3.63, 3.8) is 0 Å². The number of hydrogen-bond donors (Lipinski definition) is 1. The smallest absolute Gasteiger partial charge is 0.0233 e. The van der Waals surface area contributed by atoms with Crippen LogP contribution in [0.15, 0.2) is 24.3 Å².